The summed E-state index contributed by atoms with van der Waals surface area (Å²) in [6.07, 6.45) is 4.10. The molecule has 0 saturated heterocycles. The minimum absolute atomic E-state index is 0.0221. The van der Waals surface area contributed by atoms with Crippen LogP contribution in [0.3, 0.4) is 0 Å². The van der Waals surface area contributed by atoms with E-state index in [1.165, 1.54) is 28.6 Å². The smallest absolute Gasteiger partial charge is 0.316 e. The molecule has 2 aromatic heterocycles. The molecule has 0 unspecified atom stereocenters. The lowest BCUT2D eigenvalue weighted by molar-refractivity contribution is -0.144. The second-order valence-electron chi connectivity index (χ2n) is 6.56. The predicted octanol–water partition coefficient (Wildman–Crippen LogP) is 3.03. The highest BCUT2D eigenvalue weighted by atomic mass is 32.2. The number of fused-ring (bicyclic) bond motifs is 3. The Hall–Kier alpha value is -1.38. The number of methoxy groups -OCH3 is 1. The Bertz CT molecular complexity index is 857. The largest absolute Gasteiger partial charge is 0.462 e. The lowest BCUT2D eigenvalue weighted by atomic mass is 9.97. The molecule has 0 saturated carbocycles. The van der Waals surface area contributed by atoms with Gasteiger partial charge < -0.3 is 9.47 Å². The van der Waals surface area contributed by atoms with Gasteiger partial charge in [0, 0.05) is 12.0 Å². The standard InChI is InChI=1S/C18H24N2O4S2/c1-11(2)24-14(21)10-25-18-19-16-15(17(22)20(18)8-9-23-3)12-6-4-5-7-13(12)26-16/h11H,4-10H2,1-3H3. The predicted molar refractivity (Wildman–Crippen MR) is 104 cm³/mol. The van der Waals surface area contributed by atoms with Crippen LogP contribution in [0.2, 0.25) is 0 Å². The minimum atomic E-state index is -0.303. The van der Waals surface area contributed by atoms with Gasteiger partial charge in [0.25, 0.3) is 5.56 Å². The third-order valence-corrected chi connectivity index (χ3v) is 6.38. The Labute approximate surface area is 160 Å². The number of hydrogen-bond acceptors (Lipinski definition) is 7. The summed E-state index contributed by atoms with van der Waals surface area (Å²) in [6, 6.07) is 0. The number of aryl methyl sites for hydroxylation is 2. The molecule has 0 amide bonds. The summed E-state index contributed by atoms with van der Waals surface area (Å²) in [5.74, 6) is -0.170. The first-order chi connectivity index (χ1) is 12.5. The molecule has 6 nitrogen and oxygen atoms in total. The first-order valence-electron chi connectivity index (χ1n) is 8.87. The van der Waals surface area contributed by atoms with Crippen molar-refractivity contribution in [1.29, 1.82) is 0 Å². The van der Waals surface area contributed by atoms with Crippen molar-refractivity contribution in [2.75, 3.05) is 19.5 Å². The van der Waals surface area contributed by atoms with E-state index in [-0.39, 0.29) is 23.4 Å². The molecule has 8 heteroatoms. The fraction of sp³-hybridized carbons (Fsp3) is 0.611. The van der Waals surface area contributed by atoms with Crippen LogP contribution in [0.5, 0.6) is 0 Å². The number of thioether (sulfide) groups is 1. The maximum absolute atomic E-state index is 13.2. The molecular formula is C18H24N2O4S2. The average molecular weight is 397 g/mol. The van der Waals surface area contributed by atoms with Crippen molar-refractivity contribution in [3.63, 3.8) is 0 Å². The van der Waals surface area contributed by atoms with E-state index in [4.69, 9.17) is 14.5 Å². The Morgan fingerprint density at radius 1 is 1.35 bits per heavy atom. The first-order valence-corrected chi connectivity index (χ1v) is 10.7. The molecule has 142 valence electrons. The van der Waals surface area contributed by atoms with E-state index in [0.717, 1.165) is 29.5 Å². The number of ether oxygens (including phenoxy) is 2. The fourth-order valence-corrected chi connectivity index (χ4v) is 5.24. The molecule has 2 aromatic rings. The van der Waals surface area contributed by atoms with Gasteiger partial charge in [-0.15, -0.1) is 11.3 Å². The Morgan fingerprint density at radius 3 is 2.85 bits per heavy atom. The molecule has 0 aromatic carbocycles. The van der Waals surface area contributed by atoms with E-state index in [1.807, 2.05) is 13.8 Å². The Kier molecular flexibility index (Phi) is 6.37. The summed E-state index contributed by atoms with van der Waals surface area (Å²) in [6.45, 7) is 4.48. The molecule has 0 spiro atoms. The van der Waals surface area contributed by atoms with Gasteiger partial charge in [-0.1, -0.05) is 11.8 Å². The second kappa shape index (κ2) is 8.54. The average Bonchev–Trinajstić information content (AvgIpc) is 2.97. The summed E-state index contributed by atoms with van der Waals surface area (Å²) >= 11 is 2.87. The van der Waals surface area contributed by atoms with E-state index in [1.54, 1.807) is 23.0 Å². The number of thiophene rings is 1. The van der Waals surface area contributed by atoms with Crippen molar-refractivity contribution in [2.24, 2.45) is 0 Å². The summed E-state index contributed by atoms with van der Waals surface area (Å²) in [4.78, 5) is 31.8. The van der Waals surface area contributed by atoms with Crippen LogP contribution >= 0.6 is 23.1 Å². The molecule has 0 atom stereocenters. The Balaban J connectivity index is 1.97. The summed E-state index contributed by atoms with van der Waals surface area (Å²) in [5.41, 5.74) is 1.15. The van der Waals surface area contributed by atoms with Crippen LogP contribution in [0.25, 0.3) is 10.2 Å². The van der Waals surface area contributed by atoms with Gasteiger partial charge in [-0.05, 0) is 45.1 Å². The molecular weight excluding hydrogens is 372 g/mol. The van der Waals surface area contributed by atoms with E-state index in [9.17, 15) is 9.59 Å². The van der Waals surface area contributed by atoms with Crippen LogP contribution in [-0.2, 0) is 33.7 Å². The van der Waals surface area contributed by atoms with Gasteiger partial charge in [-0.25, -0.2) is 4.98 Å². The third kappa shape index (κ3) is 4.13. The van der Waals surface area contributed by atoms with Crippen molar-refractivity contribution >= 4 is 39.3 Å². The number of carbonyl (C=O) groups is 1. The fourth-order valence-electron chi connectivity index (χ4n) is 3.13. The van der Waals surface area contributed by atoms with Gasteiger partial charge in [-0.2, -0.15) is 0 Å². The maximum atomic E-state index is 13.2. The summed E-state index contributed by atoms with van der Waals surface area (Å²) < 4.78 is 12.0. The molecule has 0 N–H and O–H groups in total. The Morgan fingerprint density at radius 2 is 2.12 bits per heavy atom. The van der Waals surface area contributed by atoms with E-state index in [2.05, 4.69) is 0 Å². The van der Waals surface area contributed by atoms with Gasteiger partial charge in [0.1, 0.15) is 4.83 Å². The second-order valence-corrected chi connectivity index (χ2v) is 8.59. The van der Waals surface area contributed by atoms with Crippen LogP contribution in [0.15, 0.2) is 9.95 Å². The van der Waals surface area contributed by atoms with Crippen molar-refractivity contribution in [3.8, 4) is 0 Å². The van der Waals surface area contributed by atoms with Gasteiger partial charge in [0.15, 0.2) is 5.16 Å². The highest BCUT2D eigenvalue weighted by Gasteiger charge is 2.22. The zero-order valence-corrected chi connectivity index (χ0v) is 17.0. The van der Waals surface area contributed by atoms with Crippen LogP contribution in [0.4, 0.5) is 0 Å². The van der Waals surface area contributed by atoms with Crippen molar-refractivity contribution < 1.29 is 14.3 Å². The number of carbonyl (C=O) groups excluding carboxylic acids is 1. The van der Waals surface area contributed by atoms with Crippen LogP contribution in [0, 0.1) is 0 Å². The maximum Gasteiger partial charge on any atom is 0.316 e. The van der Waals surface area contributed by atoms with Gasteiger partial charge in [0.05, 0.1) is 30.4 Å². The monoisotopic (exact) mass is 396 g/mol. The van der Waals surface area contributed by atoms with Crippen LogP contribution in [-0.4, -0.2) is 41.1 Å². The lowest BCUT2D eigenvalue weighted by Crippen LogP contribution is -2.26. The lowest BCUT2D eigenvalue weighted by Gasteiger charge is -2.13. The molecule has 0 aliphatic heterocycles. The molecule has 1 aliphatic carbocycles. The van der Waals surface area contributed by atoms with Crippen molar-refractivity contribution in [2.45, 2.75) is 57.3 Å². The molecule has 3 rings (SSSR count). The highest BCUT2D eigenvalue weighted by Crippen LogP contribution is 2.34. The van der Waals surface area contributed by atoms with Gasteiger partial charge in [0.2, 0.25) is 0 Å². The number of aromatic nitrogens is 2. The van der Waals surface area contributed by atoms with E-state index in [0.29, 0.717) is 18.3 Å². The van der Waals surface area contributed by atoms with Gasteiger partial charge >= 0.3 is 5.97 Å². The molecule has 0 fully saturated rings. The quantitative estimate of drug-likeness (QED) is 0.407. The zero-order valence-electron chi connectivity index (χ0n) is 15.4. The molecule has 26 heavy (non-hydrogen) atoms. The first kappa shape index (κ1) is 19.4. The van der Waals surface area contributed by atoms with Crippen molar-refractivity contribution in [1.82, 2.24) is 9.55 Å². The molecule has 2 heterocycles. The summed E-state index contributed by atoms with van der Waals surface area (Å²) in [7, 11) is 1.61. The topological polar surface area (TPSA) is 70.4 Å². The minimum Gasteiger partial charge on any atom is -0.462 e. The van der Waals surface area contributed by atoms with E-state index < -0.39 is 0 Å². The van der Waals surface area contributed by atoms with Gasteiger partial charge in [-0.3, -0.25) is 14.2 Å². The van der Waals surface area contributed by atoms with Crippen LogP contribution < -0.4 is 5.56 Å². The molecule has 1 aliphatic rings. The van der Waals surface area contributed by atoms with Crippen molar-refractivity contribution in [3.05, 3.63) is 20.8 Å². The normalized spacial score (nSPS) is 14.0. The molecule has 0 radical (unpaired) electrons. The number of hydrogen-bond donors (Lipinski definition) is 0. The zero-order chi connectivity index (χ0) is 18.7. The van der Waals surface area contributed by atoms with Crippen LogP contribution in [0.1, 0.15) is 37.1 Å². The number of rotatable bonds is 7. The highest BCUT2D eigenvalue weighted by molar-refractivity contribution is 7.99. The number of esters is 1. The summed E-state index contributed by atoms with van der Waals surface area (Å²) in [5, 5.41) is 1.31. The number of nitrogens with zero attached hydrogens (tertiary/aromatic N) is 2. The molecule has 0 bridgehead atoms. The van der Waals surface area contributed by atoms with E-state index >= 15 is 0 Å². The third-order valence-electron chi connectivity index (χ3n) is 4.25. The SMILES string of the molecule is COCCn1c(SCC(=O)OC(C)C)nc2sc3c(c2c1=O)CCCC3.